The van der Waals surface area contributed by atoms with Gasteiger partial charge in [-0.3, -0.25) is 0 Å². The first-order chi connectivity index (χ1) is 5.56. The second kappa shape index (κ2) is 5.43. The van der Waals surface area contributed by atoms with Crippen LogP contribution in [0.25, 0.3) is 0 Å². The predicted octanol–water partition coefficient (Wildman–Crippen LogP) is 2.89. The molecule has 0 aromatic carbocycles. The van der Waals surface area contributed by atoms with Gasteiger partial charge in [0.1, 0.15) is 5.76 Å². The Kier molecular flexibility index (Phi) is 4.88. The Balaban J connectivity index is 4.17. The number of allylic oxidation sites excluding steroid dienone is 5. The number of carboxylic acid groups (broad SMARTS) is 1. The van der Waals surface area contributed by atoms with Crippen molar-refractivity contribution < 1.29 is 14.6 Å². The zero-order chi connectivity index (χ0) is 9.56. The van der Waals surface area contributed by atoms with E-state index in [1.54, 1.807) is 0 Å². The number of hydrogen-bond acceptors (Lipinski definition) is 2. The molecular weight excluding hydrogens is 180 g/mol. The van der Waals surface area contributed by atoms with Crippen LogP contribution in [0, 0.1) is 0 Å². The fourth-order valence-corrected chi connectivity index (χ4v) is 0.500. The van der Waals surface area contributed by atoms with E-state index >= 15 is 0 Å². The Morgan fingerprint density at radius 1 is 1.58 bits per heavy atom. The van der Waals surface area contributed by atoms with Crippen LogP contribution in [0.5, 0.6) is 0 Å². The van der Waals surface area contributed by atoms with Crippen molar-refractivity contribution in [2.75, 3.05) is 0 Å². The molecular formula is C8H9ClO3. The highest BCUT2D eigenvalue weighted by Crippen LogP contribution is 2.04. The van der Waals surface area contributed by atoms with E-state index in [-0.39, 0.29) is 5.76 Å². The zero-order valence-corrected chi connectivity index (χ0v) is 7.34. The van der Waals surface area contributed by atoms with Gasteiger partial charge in [-0.25, -0.2) is 4.79 Å². The quantitative estimate of drug-likeness (QED) is 0.421. The first kappa shape index (κ1) is 10.8. The zero-order valence-electron chi connectivity index (χ0n) is 6.58. The van der Waals surface area contributed by atoms with Crippen molar-refractivity contribution in [2.24, 2.45) is 0 Å². The summed E-state index contributed by atoms with van der Waals surface area (Å²) in [6, 6.07) is 0. The molecule has 1 N–H and O–H groups in total. The van der Waals surface area contributed by atoms with Gasteiger partial charge in [0.05, 0.1) is 0 Å². The fourth-order valence-electron chi connectivity index (χ4n) is 0.437. The summed E-state index contributed by atoms with van der Waals surface area (Å²) in [5.41, 5.74) is 0. The van der Waals surface area contributed by atoms with Gasteiger partial charge in [0, 0.05) is 5.03 Å². The Bertz CT molecular complexity index is 241. The van der Waals surface area contributed by atoms with Crippen molar-refractivity contribution in [3.63, 3.8) is 0 Å². The van der Waals surface area contributed by atoms with E-state index in [0.29, 0.717) is 5.03 Å². The molecule has 0 saturated carbocycles. The summed E-state index contributed by atoms with van der Waals surface area (Å²) in [6.07, 6.45) is 3.03. The average Bonchev–Trinajstić information content (AvgIpc) is 1.99. The first-order valence-electron chi connectivity index (χ1n) is 3.13. The summed E-state index contributed by atoms with van der Waals surface area (Å²) in [5.74, 6) is 0.252. The molecule has 12 heavy (non-hydrogen) atoms. The SMILES string of the molecule is C=CC(Cl)=CC=C(C)OC(=O)O. The van der Waals surface area contributed by atoms with Gasteiger partial charge in [-0.15, -0.1) is 0 Å². The maximum absolute atomic E-state index is 9.99. The minimum Gasteiger partial charge on any atom is -0.449 e. The van der Waals surface area contributed by atoms with Crippen LogP contribution in [0.3, 0.4) is 0 Å². The van der Waals surface area contributed by atoms with Gasteiger partial charge in [0.15, 0.2) is 0 Å². The molecule has 0 aliphatic rings. The van der Waals surface area contributed by atoms with Gasteiger partial charge >= 0.3 is 6.16 Å². The Morgan fingerprint density at radius 2 is 2.17 bits per heavy atom. The number of hydrogen-bond donors (Lipinski definition) is 1. The van der Waals surface area contributed by atoms with Crippen LogP contribution in [0.1, 0.15) is 6.92 Å². The molecule has 0 radical (unpaired) electrons. The van der Waals surface area contributed by atoms with Crippen LogP contribution < -0.4 is 0 Å². The molecule has 3 nitrogen and oxygen atoms in total. The van der Waals surface area contributed by atoms with Crippen molar-refractivity contribution in [1.82, 2.24) is 0 Å². The molecule has 0 rings (SSSR count). The minimum atomic E-state index is -1.34. The molecule has 0 unspecified atom stereocenters. The lowest BCUT2D eigenvalue weighted by Crippen LogP contribution is -1.96. The smallest absolute Gasteiger partial charge is 0.449 e. The molecule has 0 aliphatic carbocycles. The molecule has 0 spiro atoms. The molecule has 66 valence electrons. The third kappa shape index (κ3) is 5.56. The third-order valence-corrected chi connectivity index (χ3v) is 1.20. The van der Waals surface area contributed by atoms with Crippen molar-refractivity contribution in [1.29, 1.82) is 0 Å². The largest absolute Gasteiger partial charge is 0.511 e. The van der Waals surface area contributed by atoms with Crippen molar-refractivity contribution in [2.45, 2.75) is 6.92 Å². The van der Waals surface area contributed by atoms with E-state index in [2.05, 4.69) is 11.3 Å². The molecule has 0 bridgehead atoms. The second-order valence-electron chi connectivity index (χ2n) is 1.90. The monoisotopic (exact) mass is 188 g/mol. The highest BCUT2D eigenvalue weighted by molar-refractivity contribution is 6.31. The molecule has 0 fully saturated rings. The van der Waals surface area contributed by atoms with Gasteiger partial charge in [-0.1, -0.05) is 24.3 Å². The lowest BCUT2D eigenvalue weighted by molar-refractivity contribution is 0.119. The van der Waals surface area contributed by atoms with E-state index in [9.17, 15) is 4.79 Å². The van der Waals surface area contributed by atoms with Gasteiger partial charge in [-0.05, 0) is 19.1 Å². The summed E-state index contributed by atoms with van der Waals surface area (Å²) in [6.45, 7) is 4.92. The summed E-state index contributed by atoms with van der Waals surface area (Å²) < 4.78 is 4.29. The molecule has 4 heteroatoms. The van der Waals surface area contributed by atoms with Crippen LogP contribution in [0.15, 0.2) is 35.6 Å². The van der Waals surface area contributed by atoms with Crippen LogP contribution in [0.2, 0.25) is 0 Å². The number of carbonyl (C=O) groups is 1. The number of rotatable bonds is 3. The Labute approximate surface area is 75.6 Å². The van der Waals surface area contributed by atoms with Crippen molar-refractivity contribution >= 4 is 17.8 Å². The van der Waals surface area contributed by atoms with Crippen molar-refractivity contribution in [3.05, 3.63) is 35.6 Å². The van der Waals surface area contributed by atoms with Crippen LogP contribution in [-0.2, 0) is 4.74 Å². The van der Waals surface area contributed by atoms with Crippen LogP contribution in [-0.4, -0.2) is 11.3 Å². The third-order valence-electron chi connectivity index (χ3n) is 0.921. The lowest BCUT2D eigenvalue weighted by atomic mass is 10.4. The van der Waals surface area contributed by atoms with Crippen molar-refractivity contribution in [3.8, 4) is 0 Å². The fraction of sp³-hybridized carbons (Fsp3) is 0.125. The summed E-state index contributed by atoms with van der Waals surface area (Å²) in [4.78, 5) is 9.99. The molecule has 0 saturated heterocycles. The van der Waals surface area contributed by atoms with Crippen LogP contribution >= 0.6 is 11.6 Å². The molecule has 0 aliphatic heterocycles. The van der Waals surface area contributed by atoms with E-state index < -0.39 is 6.16 Å². The first-order valence-corrected chi connectivity index (χ1v) is 3.51. The summed E-state index contributed by atoms with van der Waals surface area (Å²) in [5, 5.41) is 8.59. The highest BCUT2D eigenvalue weighted by atomic mass is 35.5. The summed E-state index contributed by atoms with van der Waals surface area (Å²) >= 11 is 5.54. The minimum absolute atomic E-state index is 0.252. The van der Waals surface area contributed by atoms with Crippen LogP contribution in [0.4, 0.5) is 4.79 Å². The highest BCUT2D eigenvalue weighted by Gasteiger charge is 1.95. The molecule has 0 heterocycles. The van der Waals surface area contributed by atoms with Gasteiger partial charge in [0.25, 0.3) is 0 Å². The van der Waals surface area contributed by atoms with E-state index in [1.807, 2.05) is 0 Å². The molecule has 0 amide bonds. The maximum atomic E-state index is 9.99. The number of ether oxygens (including phenoxy) is 1. The maximum Gasteiger partial charge on any atom is 0.511 e. The normalized spacial score (nSPS) is 12.5. The Hall–Kier alpha value is -1.22. The second-order valence-corrected chi connectivity index (χ2v) is 2.34. The van der Waals surface area contributed by atoms with E-state index in [4.69, 9.17) is 16.7 Å². The summed E-state index contributed by atoms with van der Waals surface area (Å²) in [7, 11) is 0. The standard InChI is InChI=1S/C8H9ClO3/c1-3-7(9)5-4-6(2)12-8(10)11/h3-5H,1H2,2H3,(H,10,11). The molecule has 0 aromatic heterocycles. The number of halogens is 1. The van der Waals surface area contributed by atoms with Gasteiger partial charge in [0.2, 0.25) is 0 Å². The van der Waals surface area contributed by atoms with Gasteiger partial charge in [-0.2, -0.15) is 0 Å². The van der Waals surface area contributed by atoms with E-state index in [0.717, 1.165) is 0 Å². The topological polar surface area (TPSA) is 46.5 Å². The van der Waals surface area contributed by atoms with Gasteiger partial charge < -0.3 is 9.84 Å². The molecule has 0 atom stereocenters. The van der Waals surface area contributed by atoms with E-state index in [1.165, 1.54) is 25.2 Å². The Morgan fingerprint density at radius 3 is 2.58 bits per heavy atom. The lowest BCUT2D eigenvalue weighted by Gasteiger charge is -1.95. The average molecular weight is 189 g/mol. The predicted molar refractivity (Wildman–Crippen MR) is 47.0 cm³/mol. The molecule has 0 aromatic rings.